The smallest absolute Gasteiger partial charge is 0.231 e. The minimum Gasteiger partial charge on any atom is -0.454 e. The molecular weight excluding hydrogens is 454 g/mol. The van der Waals surface area contributed by atoms with Gasteiger partial charge in [0.25, 0.3) is 0 Å². The number of piperidine rings is 1. The zero-order valence-corrected chi connectivity index (χ0v) is 19.8. The first kappa shape index (κ1) is 22.4. The predicted octanol–water partition coefficient (Wildman–Crippen LogP) is 5.17. The fraction of sp³-hybridized carbons (Fsp3) is 0.241. The third kappa shape index (κ3) is 4.22. The summed E-state index contributed by atoms with van der Waals surface area (Å²) in [5.74, 6) is 1.28. The lowest BCUT2D eigenvalue weighted by Crippen LogP contribution is -2.42. The molecule has 1 saturated heterocycles. The fourth-order valence-electron chi connectivity index (χ4n) is 5.22. The molecular formula is C29H27N3O4. The number of fused-ring (bicyclic) bond motifs is 2. The highest BCUT2D eigenvalue weighted by molar-refractivity contribution is 6.10. The highest BCUT2D eigenvalue weighted by Crippen LogP contribution is 2.35. The number of aromatic nitrogens is 1. The molecule has 1 amide bonds. The first-order valence-electron chi connectivity index (χ1n) is 12.3. The lowest BCUT2D eigenvalue weighted by Gasteiger charge is -2.36. The normalized spacial score (nSPS) is 16.7. The van der Waals surface area contributed by atoms with Crippen LogP contribution in [0.3, 0.4) is 0 Å². The van der Waals surface area contributed by atoms with E-state index in [0.717, 1.165) is 16.5 Å². The molecule has 36 heavy (non-hydrogen) atoms. The Kier molecular flexibility index (Phi) is 5.91. The minimum atomic E-state index is -0.400. The molecule has 0 radical (unpaired) electrons. The van der Waals surface area contributed by atoms with Crippen LogP contribution in [-0.4, -0.2) is 41.5 Å². The molecule has 1 aromatic heterocycles. The molecule has 2 aliphatic heterocycles. The maximum absolute atomic E-state index is 13.9. The van der Waals surface area contributed by atoms with E-state index in [4.69, 9.17) is 9.47 Å². The maximum atomic E-state index is 13.9. The molecule has 0 saturated carbocycles. The van der Waals surface area contributed by atoms with Crippen LogP contribution < -0.4 is 14.8 Å². The van der Waals surface area contributed by atoms with E-state index >= 15 is 0 Å². The summed E-state index contributed by atoms with van der Waals surface area (Å²) in [6, 6.07) is 22.8. The molecule has 7 nitrogen and oxygen atoms in total. The number of hydrogen-bond acceptors (Lipinski definition) is 5. The quantitative estimate of drug-likeness (QED) is 0.371. The summed E-state index contributed by atoms with van der Waals surface area (Å²) in [6.45, 7) is 1.52. The molecule has 1 fully saturated rings. The van der Waals surface area contributed by atoms with Crippen molar-refractivity contribution in [2.75, 3.05) is 25.2 Å². The van der Waals surface area contributed by atoms with Crippen LogP contribution in [0, 0.1) is 5.92 Å². The Labute approximate surface area is 209 Å². The number of H-pyrrole nitrogens is 1. The Morgan fingerprint density at radius 2 is 1.67 bits per heavy atom. The average Bonchev–Trinajstić information content (AvgIpc) is 3.57. The number of rotatable bonds is 6. The summed E-state index contributed by atoms with van der Waals surface area (Å²) in [5, 5.41) is 3.95. The second-order valence-electron chi connectivity index (χ2n) is 9.29. The Balaban J connectivity index is 1.18. The molecule has 2 aliphatic rings. The van der Waals surface area contributed by atoms with Crippen molar-refractivity contribution < 1.29 is 19.1 Å². The van der Waals surface area contributed by atoms with Crippen LogP contribution in [0.25, 0.3) is 10.9 Å². The number of hydrogen-bond donors (Lipinski definition) is 2. The number of anilines is 1. The summed E-state index contributed by atoms with van der Waals surface area (Å²) < 4.78 is 10.8. The van der Waals surface area contributed by atoms with E-state index in [2.05, 4.69) is 15.2 Å². The van der Waals surface area contributed by atoms with Gasteiger partial charge >= 0.3 is 0 Å². The van der Waals surface area contributed by atoms with Gasteiger partial charge in [-0.05, 0) is 49.7 Å². The topological polar surface area (TPSA) is 83.7 Å². The van der Waals surface area contributed by atoms with Gasteiger partial charge in [-0.3, -0.25) is 14.5 Å². The summed E-state index contributed by atoms with van der Waals surface area (Å²) in [5.41, 5.74) is 3.31. The van der Waals surface area contributed by atoms with Gasteiger partial charge in [-0.2, -0.15) is 0 Å². The number of nitrogens with zero attached hydrogens (tertiary/aromatic N) is 1. The van der Waals surface area contributed by atoms with Crippen molar-refractivity contribution in [2.45, 2.75) is 18.9 Å². The zero-order valence-electron chi connectivity index (χ0n) is 19.8. The number of aromatic amines is 1. The predicted molar refractivity (Wildman–Crippen MR) is 137 cm³/mol. The standard InChI is InChI=1S/C29H27N3O4/c33-28(23-17-30-24-9-5-4-8-22(23)24)27(19-6-2-1-3-7-19)32-14-12-20(13-15-32)29(34)31-21-10-11-25-26(16-21)36-18-35-25/h1-11,16-17,20,27,30H,12-15,18H2,(H,31,34)/t27-/m0/s1. The number of likely N-dealkylation sites (tertiary alicyclic amines) is 1. The van der Waals surface area contributed by atoms with Crippen LogP contribution in [0.15, 0.2) is 79.0 Å². The maximum Gasteiger partial charge on any atom is 0.231 e. The van der Waals surface area contributed by atoms with Crippen molar-refractivity contribution in [2.24, 2.45) is 5.92 Å². The molecule has 0 spiro atoms. The highest BCUT2D eigenvalue weighted by Gasteiger charge is 2.34. The van der Waals surface area contributed by atoms with Crippen LogP contribution in [0.4, 0.5) is 5.69 Å². The number of carbonyl (C=O) groups excluding carboxylic acids is 2. The van der Waals surface area contributed by atoms with E-state index in [1.54, 1.807) is 12.1 Å². The number of para-hydroxylation sites is 1. The van der Waals surface area contributed by atoms with E-state index in [1.807, 2.05) is 66.9 Å². The van der Waals surface area contributed by atoms with Gasteiger partial charge in [0.05, 0.1) is 6.04 Å². The zero-order chi connectivity index (χ0) is 24.5. The first-order valence-corrected chi connectivity index (χ1v) is 12.3. The van der Waals surface area contributed by atoms with Gasteiger partial charge in [-0.1, -0.05) is 48.5 Å². The SMILES string of the molecule is O=C(Nc1ccc2c(c1)OCO2)C1CCN([C@H](C(=O)c2c[nH]c3ccccc23)c2ccccc2)CC1. The Morgan fingerprint density at radius 3 is 2.50 bits per heavy atom. The lowest BCUT2D eigenvalue weighted by atomic mass is 9.90. The Hall–Kier alpha value is -4.10. The van der Waals surface area contributed by atoms with Gasteiger partial charge < -0.3 is 19.8 Å². The fourth-order valence-corrected chi connectivity index (χ4v) is 5.22. The first-order chi connectivity index (χ1) is 17.7. The molecule has 4 aromatic rings. The second-order valence-corrected chi connectivity index (χ2v) is 9.29. The minimum absolute atomic E-state index is 0.00673. The van der Waals surface area contributed by atoms with Crippen molar-refractivity contribution in [3.05, 3.63) is 90.1 Å². The van der Waals surface area contributed by atoms with Crippen LogP contribution in [0.2, 0.25) is 0 Å². The van der Waals surface area contributed by atoms with Gasteiger partial charge in [-0.15, -0.1) is 0 Å². The summed E-state index contributed by atoms with van der Waals surface area (Å²) in [6.07, 6.45) is 3.18. The van der Waals surface area contributed by atoms with Gasteiger partial charge in [-0.25, -0.2) is 0 Å². The summed E-state index contributed by atoms with van der Waals surface area (Å²) in [7, 11) is 0. The van der Waals surface area contributed by atoms with Gasteiger partial charge in [0.2, 0.25) is 12.7 Å². The molecule has 3 aromatic carbocycles. The van der Waals surface area contributed by atoms with E-state index in [1.165, 1.54) is 0 Å². The third-order valence-corrected chi connectivity index (χ3v) is 7.12. The summed E-state index contributed by atoms with van der Waals surface area (Å²) >= 11 is 0. The molecule has 1 atom stereocenters. The van der Waals surface area contributed by atoms with Gasteiger partial charge in [0, 0.05) is 40.3 Å². The number of benzene rings is 3. The van der Waals surface area contributed by atoms with Crippen molar-refractivity contribution in [1.29, 1.82) is 0 Å². The highest BCUT2D eigenvalue weighted by atomic mass is 16.7. The molecule has 0 unspecified atom stereocenters. The van der Waals surface area contributed by atoms with Gasteiger partial charge in [0.15, 0.2) is 17.3 Å². The number of ether oxygens (including phenoxy) is 2. The average molecular weight is 482 g/mol. The van der Waals surface area contributed by atoms with Crippen molar-refractivity contribution in [3.8, 4) is 11.5 Å². The van der Waals surface area contributed by atoms with Crippen molar-refractivity contribution in [1.82, 2.24) is 9.88 Å². The molecule has 0 bridgehead atoms. The molecule has 182 valence electrons. The number of ketones is 1. The number of amides is 1. The van der Waals surface area contributed by atoms with Crippen LogP contribution in [-0.2, 0) is 4.79 Å². The van der Waals surface area contributed by atoms with E-state index in [0.29, 0.717) is 48.7 Å². The van der Waals surface area contributed by atoms with E-state index in [-0.39, 0.29) is 24.4 Å². The molecule has 2 N–H and O–H groups in total. The Bertz CT molecular complexity index is 1410. The molecule has 3 heterocycles. The number of nitrogens with one attached hydrogen (secondary N) is 2. The lowest BCUT2D eigenvalue weighted by molar-refractivity contribution is -0.121. The van der Waals surface area contributed by atoms with Crippen LogP contribution in [0.1, 0.15) is 34.8 Å². The Morgan fingerprint density at radius 1 is 0.917 bits per heavy atom. The van der Waals surface area contributed by atoms with Crippen LogP contribution >= 0.6 is 0 Å². The van der Waals surface area contributed by atoms with E-state index < -0.39 is 6.04 Å². The largest absolute Gasteiger partial charge is 0.454 e. The van der Waals surface area contributed by atoms with Crippen molar-refractivity contribution in [3.63, 3.8) is 0 Å². The molecule has 0 aliphatic carbocycles. The number of carbonyl (C=O) groups is 2. The summed E-state index contributed by atoms with van der Waals surface area (Å²) in [4.78, 5) is 32.4. The number of Topliss-reactive ketones (excluding diaryl/α,β-unsaturated/α-hetero) is 1. The molecule has 7 heteroatoms. The van der Waals surface area contributed by atoms with Crippen molar-refractivity contribution >= 4 is 28.3 Å². The van der Waals surface area contributed by atoms with Crippen LogP contribution in [0.5, 0.6) is 11.5 Å². The molecule has 6 rings (SSSR count). The monoisotopic (exact) mass is 481 g/mol. The van der Waals surface area contributed by atoms with E-state index in [9.17, 15) is 9.59 Å². The second kappa shape index (κ2) is 9.51. The third-order valence-electron chi connectivity index (χ3n) is 7.12. The van der Waals surface area contributed by atoms with Gasteiger partial charge in [0.1, 0.15) is 0 Å².